The molecule has 0 spiro atoms. The van der Waals surface area contributed by atoms with Gasteiger partial charge in [-0.25, -0.2) is 9.79 Å². The number of amidine groups is 1. The predicted octanol–water partition coefficient (Wildman–Crippen LogP) is 4.71. The van der Waals surface area contributed by atoms with Crippen LogP contribution in [-0.4, -0.2) is 48.7 Å². The van der Waals surface area contributed by atoms with Crippen LogP contribution in [0.4, 0.5) is 14.5 Å². The lowest BCUT2D eigenvalue weighted by molar-refractivity contribution is -0.161. The van der Waals surface area contributed by atoms with Crippen molar-refractivity contribution in [3.63, 3.8) is 0 Å². The number of aliphatic imine (C=N–C) groups is 1. The Morgan fingerprint density at radius 1 is 1.11 bits per heavy atom. The number of anilines is 1. The van der Waals surface area contributed by atoms with Crippen molar-refractivity contribution in [3.8, 4) is 17.2 Å². The number of nitrogens with one attached hydrogen (secondary N) is 3. The number of methoxy groups -OCH3 is 1. The van der Waals surface area contributed by atoms with E-state index in [1.165, 1.54) is 0 Å². The molecule has 1 amide bonds. The fraction of sp³-hybridized carbons (Fsp3) is 0.258. The highest BCUT2D eigenvalue weighted by Crippen LogP contribution is 2.33. The average molecular weight is 612 g/mol. The van der Waals surface area contributed by atoms with Crippen molar-refractivity contribution >= 4 is 29.1 Å². The SMILES string of the molecule is C=C(NNC(=O)C1Nc2ccc(cc2)/C(N)=N\COc2cc1ccc2OC(C)C)c1ccc(OC)cc1.CC(F)(F)C(=O)O. The van der Waals surface area contributed by atoms with Gasteiger partial charge in [0.2, 0.25) is 0 Å². The van der Waals surface area contributed by atoms with Crippen LogP contribution in [0.5, 0.6) is 17.2 Å². The zero-order valence-corrected chi connectivity index (χ0v) is 24.7. The first-order valence-electron chi connectivity index (χ1n) is 13.4. The molecule has 5 rings (SSSR count). The van der Waals surface area contributed by atoms with Gasteiger partial charge in [-0.2, -0.15) is 8.78 Å². The van der Waals surface area contributed by atoms with Gasteiger partial charge >= 0.3 is 11.9 Å². The molecule has 2 aliphatic rings. The molecule has 2 aliphatic heterocycles. The Kier molecular flexibility index (Phi) is 11.1. The molecule has 44 heavy (non-hydrogen) atoms. The summed E-state index contributed by atoms with van der Waals surface area (Å²) >= 11 is 0. The minimum Gasteiger partial charge on any atom is -0.497 e. The van der Waals surface area contributed by atoms with Crippen LogP contribution in [0.3, 0.4) is 0 Å². The maximum atomic E-state index is 13.4. The van der Waals surface area contributed by atoms with Gasteiger partial charge in [-0.3, -0.25) is 15.6 Å². The molecule has 0 saturated carbocycles. The number of carboxylic acid groups (broad SMARTS) is 1. The Balaban J connectivity index is 0.000000676. The summed E-state index contributed by atoms with van der Waals surface area (Å²) in [6.07, 6.45) is -0.0652. The Bertz CT molecular complexity index is 1490. The minimum atomic E-state index is -3.58. The zero-order valence-electron chi connectivity index (χ0n) is 24.7. The van der Waals surface area contributed by atoms with E-state index in [2.05, 4.69) is 27.7 Å². The van der Waals surface area contributed by atoms with E-state index < -0.39 is 17.9 Å². The van der Waals surface area contributed by atoms with Gasteiger partial charge in [0.15, 0.2) is 18.2 Å². The summed E-state index contributed by atoms with van der Waals surface area (Å²) in [7, 11) is 1.60. The summed E-state index contributed by atoms with van der Waals surface area (Å²) in [5, 5.41) is 10.8. The van der Waals surface area contributed by atoms with Crippen molar-refractivity contribution in [2.45, 2.75) is 38.8 Å². The molecule has 1 atom stereocenters. The summed E-state index contributed by atoms with van der Waals surface area (Å²) in [6, 6.07) is 19.3. The van der Waals surface area contributed by atoms with Gasteiger partial charge in [-0.15, -0.1) is 0 Å². The highest BCUT2D eigenvalue weighted by Gasteiger charge is 2.31. The second-order valence-electron chi connectivity index (χ2n) is 9.86. The van der Waals surface area contributed by atoms with Gasteiger partial charge in [0.1, 0.15) is 17.6 Å². The fourth-order valence-corrected chi connectivity index (χ4v) is 3.71. The Hall–Kier alpha value is -5.33. The van der Waals surface area contributed by atoms with Gasteiger partial charge in [0.05, 0.1) is 18.9 Å². The van der Waals surface area contributed by atoms with E-state index in [0.29, 0.717) is 35.5 Å². The Morgan fingerprint density at radius 2 is 1.75 bits per heavy atom. The number of carbonyl (C=O) groups is 2. The molecule has 3 aromatic carbocycles. The van der Waals surface area contributed by atoms with E-state index in [-0.39, 0.29) is 18.7 Å². The third-order valence-electron chi connectivity index (χ3n) is 6.02. The summed E-state index contributed by atoms with van der Waals surface area (Å²) in [5.74, 6) is -3.91. The topological polar surface area (TPSA) is 157 Å². The van der Waals surface area contributed by atoms with Crippen LogP contribution in [0.1, 0.15) is 43.5 Å². The number of hydrogen-bond donors (Lipinski definition) is 5. The summed E-state index contributed by atoms with van der Waals surface area (Å²) in [4.78, 5) is 27.0. The second-order valence-corrected chi connectivity index (χ2v) is 9.86. The van der Waals surface area contributed by atoms with E-state index in [1.807, 2.05) is 68.4 Å². The number of hydrazine groups is 1. The smallest absolute Gasteiger partial charge is 0.374 e. The molecule has 1 unspecified atom stereocenters. The number of hydrogen-bond acceptors (Lipinski definition) is 9. The number of ether oxygens (including phenoxy) is 3. The monoisotopic (exact) mass is 611 g/mol. The van der Waals surface area contributed by atoms with Crippen LogP contribution in [-0.2, 0) is 9.59 Å². The number of alkyl halides is 2. The number of nitrogens with zero attached hydrogens (tertiary/aromatic N) is 1. The number of halogens is 2. The van der Waals surface area contributed by atoms with Gasteiger partial charge < -0.3 is 30.4 Å². The third-order valence-corrected chi connectivity index (χ3v) is 6.02. The number of aliphatic carboxylic acids is 1. The summed E-state index contributed by atoms with van der Waals surface area (Å²) in [6.45, 7) is 8.21. The molecular formula is C31H35F2N5O6. The molecule has 0 aliphatic carbocycles. The standard InChI is InChI=1S/C28H31N5O4.C3H4F2O2/c1-17(2)37-24-14-9-21-15-25(24)36-16-30-27(29)20-5-10-22(11-6-20)31-26(21)28(34)33-32-18(3)19-7-12-23(35-4)13-8-19;1-3(4,5)2(6)7/h5-15,17,26,31-32H,3,16H2,1-2,4H3,(H2,29,30)(H,33,34);1H3,(H,6,7). The highest BCUT2D eigenvalue weighted by molar-refractivity contribution is 5.97. The minimum absolute atomic E-state index is 0.000966. The molecule has 6 N–H and O–H groups in total. The number of fused-ring (bicyclic) bond motifs is 5. The van der Waals surface area contributed by atoms with E-state index in [4.69, 9.17) is 25.1 Å². The van der Waals surface area contributed by atoms with Crippen molar-refractivity contribution in [2.75, 3.05) is 19.2 Å². The number of rotatable bonds is 8. The van der Waals surface area contributed by atoms with Gasteiger partial charge in [-0.05, 0) is 85.6 Å². The van der Waals surface area contributed by atoms with Crippen LogP contribution in [0, 0.1) is 0 Å². The molecule has 0 radical (unpaired) electrons. The molecule has 234 valence electrons. The molecular weight excluding hydrogens is 576 g/mol. The van der Waals surface area contributed by atoms with Gasteiger partial charge in [-0.1, -0.05) is 12.6 Å². The number of nitrogens with two attached hydrogens (primary N) is 1. The van der Waals surface area contributed by atoms with Crippen molar-refractivity contribution in [2.24, 2.45) is 10.7 Å². The van der Waals surface area contributed by atoms with Crippen LogP contribution in [0.15, 0.2) is 78.3 Å². The molecule has 11 nitrogen and oxygen atoms in total. The predicted molar refractivity (Wildman–Crippen MR) is 163 cm³/mol. The number of amides is 1. The van der Waals surface area contributed by atoms with Crippen molar-refractivity contribution in [1.29, 1.82) is 0 Å². The quantitative estimate of drug-likeness (QED) is 0.228. The molecule has 3 aromatic rings. The van der Waals surface area contributed by atoms with Crippen LogP contribution >= 0.6 is 0 Å². The second kappa shape index (κ2) is 14.7. The van der Waals surface area contributed by atoms with Crippen molar-refractivity contribution < 1.29 is 37.7 Å². The first-order valence-corrected chi connectivity index (χ1v) is 13.4. The van der Waals surface area contributed by atoms with Crippen LogP contribution < -0.4 is 36.1 Å². The molecule has 0 aromatic heterocycles. The van der Waals surface area contributed by atoms with Crippen LogP contribution in [0.25, 0.3) is 5.70 Å². The molecule has 0 saturated heterocycles. The number of carboxylic acids is 1. The molecule has 0 fully saturated rings. The Labute approximate surface area is 253 Å². The first-order chi connectivity index (χ1) is 20.8. The fourth-order valence-electron chi connectivity index (χ4n) is 3.71. The zero-order chi connectivity index (χ0) is 32.4. The lowest BCUT2D eigenvalue weighted by Gasteiger charge is -2.22. The van der Waals surface area contributed by atoms with Gasteiger partial charge in [0.25, 0.3) is 5.91 Å². The maximum Gasteiger partial charge on any atom is 0.374 e. The van der Waals surface area contributed by atoms with Crippen LogP contribution in [0.2, 0.25) is 0 Å². The molecule has 13 heteroatoms. The first kappa shape index (κ1) is 33.2. The number of benzene rings is 3. The van der Waals surface area contributed by atoms with Gasteiger partial charge in [0, 0.05) is 18.2 Å². The summed E-state index contributed by atoms with van der Waals surface area (Å²) < 4.78 is 39.5. The average Bonchev–Trinajstić information content (AvgIpc) is 3.00. The van der Waals surface area contributed by atoms with E-state index in [9.17, 15) is 18.4 Å². The normalized spacial score (nSPS) is 15.2. The van der Waals surface area contributed by atoms with E-state index >= 15 is 0 Å². The number of carbonyl (C=O) groups excluding carboxylic acids is 1. The third kappa shape index (κ3) is 9.34. The lowest BCUT2D eigenvalue weighted by Crippen LogP contribution is -2.41. The highest BCUT2D eigenvalue weighted by atomic mass is 19.3. The Morgan fingerprint density at radius 3 is 2.32 bits per heavy atom. The largest absolute Gasteiger partial charge is 0.497 e. The van der Waals surface area contributed by atoms with Crippen molar-refractivity contribution in [1.82, 2.24) is 10.9 Å². The van der Waals surface area contributed by atoms with Crippen molar-refractivity contribution in [3.05, 3.63) is 90.0 Å². The lowest BCUT2D eigenvalue weighted by atomic mass is 10.0. The maximum absolute atomic E-state index is 13.4. The molecule has 4 bridgehead atoms. The van der Waals surface area contributed by atoms with E-state index in [1.54, 1.807) is 19.2 Å². The van der Waals surface area contributed by atoms with E-state index in [0.717, 1.165) is 22.6 Å². The summed E-state index contributed by atoms with van der Waals surface area (Å²) in [5.41, 5.74) is 15.3. The molecule has 2 heterocycles.